The van der Waals surface area contributed by atoms with Gasteiger partial charge in [-0.3, -0.25) is 4.57 Å². The van der Waals surface area contributed by atoms with Crippen molar-refractivity contribution < 1.29 is 32.7 Å². The molecule has 0 spiro atoms. The summed E-state index contributed by atoms with van der Waals surface area (Å²) in [6, 6.07) is 0. The van der Waals surface area contributed by atoms with Crippen molar-refractivity contribution in [2.75, 3.05) is 5.73 Å². The van der Waals surface area contributed by atoms with E-state index in [0.717, 1.165) is 0 Å². The first-order valence-electron chi connectivity index (χ1n) is 16.0. The van der Waals surface area contributed by atoms with Crippen LogP contribution in [0.4, 0.5) is 5.82 Å². The lowest BCUT2D eigenvalue weighted by Crippen LogP contribution is -2.68. The van der Waals surface area contributed by atoms with Crippen LogP contribution in [-0.4, -0.2) is 77.1 Å². The highest BCUT2D eigenvalue weighted by Gasteiger charge is 2.67. The molecule has 0 unspecified atom stereocenters. The van der Waals surface area contributed by atoms with Gasteiger partial charge in [0.2, 0.25) is 0 Å². The predicted molar refractivity (Wildman–Crippen MR) is 183 cm³/mol. The second kappa shape index (κ2) is 12.2. The number of esters is 2. The van der Waals surface area contributed by atoms with Gasteiger partial charge in [-0.1, -0.05) is 41.5 Å². The highest BCUT2D eigenvalue weighted by Crippen LogP contribution is 2.48. The van der Waals surface area contributed by atoms with Crippen LogP contribution in [0, 0.1) is 0 Å². The van der Waals surface area contributed by atoms with Gasteiger partial charge in [0.05, 0.1) is 12.4 Å². The SMILES string of the molecule is CC(C)(C)OC(=O)C(O[Si](C)(C)C(C)(C)C)(C(=O)OC(C)(C)C)[C@H]1O[C@@H](n2cnc3c(N)ncnc32)C[C@@H]1O[Si](C)(C)C(C)(C)C. The lowest BCUT2D eigenvalue weighted by atomic mass is 9.91. The van der Waals surface area contributed by atoms with E-state index < -0.39 is 68.9 Å². The molecule has 1 fully saturated rings. The summed E-state index contributed by atoms with van der Waals surface area (Å²) in [5.74, 6) is -1.53. The molecule has 0 aliphatic carbocycles. The van der Waals surface area contributed by atoms with Crippen molar-refractivity contribution in [1.82, 2.24) is 19.5 Å². The van der Waals surface area contributed by atoms with E-state index in [1.165, 1.54) is 6.33 Å². The molecule has 0 radical (unpaired) electrons. The predicted octanol–water partition coefficient (Wildman–Crippen LogP) is 6.53. The number of imidazole rings is 1. The number of nitrogens with zero attached hydrogens (tertiary/aromatic N) is 4. The van der Waals surface area contributed by atoms with Crippen molar-refractivity contribution in [2.24, 2.45) is 0 Å². The van der Waals surface area contributed by atoms with Crippen LogP contribution in [0.1, 0.15) is 95.7 Å². The molecule has 46 heavy (non-hydrogen) atoms. The Hall–Kier alpha value is -2.40. The molecule has 3 rings (SSSR count). The quantitative estimate of drug-likeness (QED) is 0.184. The number of ether oxygens (including phenoxy) is 3. The maximum atomic E-state index is 14.8. The Morgan fingerprint density at radius 3 is 1.78 bits per heavy atom. The van der Waals surface area contributed by atoms with Gasteiger partial charge in [-0.15, -0.1) is 0 Å². The molecule has 260 valence electrons. The fourth-order valence-corrected chi connectivity index (χ4v) is 7.36. The maximum absolute atomic E-state index is 14.8. The molecular weight excluding hydrogens is 623 g/mol. The van der Waals surface area contributed by atoms with Crippen molar-refractivity contribution in [3.63, 3.8) is 0 Å². The smallest absolute Gasteiger partial charge is 0.352 e. The fourth-order valence-electron chi connectivity index (χ4n) is 4.64. The molecule has 0 amide bonds. The summed E-state index contributed by atoms with van der Waals surface area (Å²) in [6.45, 7) is 31.2. The second-order valence-electron chi connectivity index (χ2n) is 17.3. The Kier molecular flexibility index (Phi) is 10.1. The maximum Gasteiger partial charge on any atom is 0.352 e. The first-order valence-corrected chi connectivity index (χ1v) is 21.8. The lowest BCUT2D eigenvalue weighted by molar-refractivity contribution is -0.214. The summed E-state index contributed by atoms with van der Waals surface area (Å²) in [5.41, 5.74) is 2.74. The Labute approximate surface area is 276 Å². The molecule has 14 heteroatoms. The van der Waals surface area contributed by atoms with E-state index in [2.05, 4.69) is 48.8 Å². The van der Waals surface area contributed by atoms with Crippen LogP contribution in [0.2, 0.25) is 36.3 Å². The summed E-state index contributed by atoms with van der Waals surface area (Å²) in [4.78, 5) is 42.4. The largest absolute Gasteiger partial charge is 0.457 e. The fraction of sp³-hybridized carbons (Fsp3) is 0.781. The Bertz CT molecular complexity index is 1400. The summed E-state index contributed by atoms with van der Waals surface area (Å²) in [7, 11) is -5.46. The monoisotopic (exact) mass is 679 g/mol. The van der Waals surface area contributed by atoms with Gasteiger partial charge in [-0.05, 0) is 77.8 Å². The van der Waals surface area contributed by atoms with Crippen molar-refractivity contribution in [1.29, 1.82) is 0 Å². The van der Waals surface area contributed by atoms with Crippen molar-refractivity contribution in [3.05, 3.63) is 12.7 Å². The van der Waals surface area contributed by atoms with Crippen LogP contribution in [0.3, 0.4) is 0 Å². The van der Waals surface area contributed by atoms with E-state index in [4.69, 9.17) is 28.8 Å². The van der Waals surface area contributed by atoms with Gasteiger partial charge in [0.1, 0.15) is 35.4 Å². The average molecular weight is 680 g/mol. The van der Waals surface area contributed by atoms with Crippen LogP contribution >= 0.6 is 0 Å². The van der Waals surface area contributed by atoms with Gasteiger partial charge in [-0.25, -0.2) is 24.5 Å². The van der Waals surface area contributed by atoms with Gasteiger partial charge >= 0.3 is 11.9 Å². The van der Waals surface area contributed by atoms with E-state index in [1.54, 1.807) is 52.4 Å². The minimum atomic E-state index is -2.93. The van der Waals surface area contributed by atoms with Crippen LogP contribution < -0.4 is 5.73 Å². The van der Waals surface area contributed by atoms with Gasteiger partial charge in [0.15, 0.2) is 28.1 Å². The molecular formula is C32H57N5O7Si2. The van der Waals surface area contributed by atoms with Gasteiger partial charge < -0.3 is 28.8 Å². The van der Waals surface area contributed by atoms with Crippen molar-refractivity contribution in [2.45, 2.75) is 161 Å². The Balaban J connectivity index is 2.37. The van der Waals surface area contributed by atoms with Gasteiger partial charge in [-0.2, -0.15) is 0 Å². The Morgan fingerprint density at radius 1 is 0.826 bits per heavy atom. The van der Waals surface area contributed by atoms with Crippen LogP contribution in [-0.2, 0) is 32.7 Å². The summed E-state index contributed by atoms with van der Waals surface area (Å²) < 4.78 is 34.7. The van der Waals surface area contributed by atoms with E-state index in [-0.39, 0.29) is 17.3 Å². The summed E-state index contributed by atoms with van der Waals surface area (Å²) in [5, 5.41) is -0.592. The second-order valence-corrected chi connectivity index (χ2v) is 26.8. The van der Waals surface area contributed by atoms with Crippen molar-refractivity contribution >= 4 is 45.6 Å². The number of carbonyl (C=O) groups excluding carboxylic acids is 2. The number of fused-ring (bicyclic) bond motifs is 1. The number of carbonyl (C=O) groups is 2. The van der Waals surface area contributed by atoms with E-state index >= 15 is 0 Å². The first-order chi connectivity index (χ1) is 20.5. The lowest BCUT2D eigenvalue weighted by Gasteiger charge is -2.48. The molecule has 0 bridgehead atoms. The van der Waals surface area contributed by atoms with E-state index in [9.17, 15) is 9.59 Å². The van der Waals surface area contributed by atoms with Crippen molar-refractivity contribution in [3.8, 4) is 0 Å². The minimum absolute atomic E-state index is 0.195. The molecule has 2 aromatic heterocycles. The Morgan fingerprint density at radius 2 is 1.33 bits per heavy atom. The molecule has 3 atom stereocenters. The summed E-state index contributed by atoms with van der Waals surface area (Å²) in [6.07, 6.45) is 0.434. The molecule has 2 N–H and O–H groups in total. The molecule has 2 aromatic rings. The highest BCUT2D eigenvalue weighted by molar-refractivity contribution is 6.74. The number of rotatable bonds is 8. The first kappa shape index (κ1) is 38.1. The number of nitrogen functional groups attached to an aromatic ring is 1. The van der Waals surface area contributed by atoms with Crippen LogP contribution in [0.5, 0.6) is 0 Å². The minimum Gasteiger partial charge on any atom is -0.457 e. The topological polar surface area (TPSA) is 150 Å². The number of nitrogens with two attached hydrogens (primary N) is 1. The standard InChI is InChI=1S/C32H57N5O7Si2/c1-28(2,3)41-26(38)32(27(39)42-29(4,5)6,44-46(15,16)31(10,11)12)23-20(43-45(13,14)30(7,8)9)17-21(40-23)37-19-36-22-24(33)34-18-35-25(22)37/h18-21,23H,17H2,1-16H3,(H2,33,34,35)/t20-,21+,23-/m0/s1. The van der Waals surface area contributed by atoms with E-state index in [0.29, 0.717) is 11.2 Å². The third-order valence-corrected chi connectivity index (χ3v) is 18.0. The number of anilines is 1. The van der Waals surface area contributed by atoms with Gasteiger partial charge in [0.25, 0.3) is 5.60 Å². The third-order valence-electron chi connectivity index (χ3n) is 9.05. The van der Waals surface area contributed by atoms with E-state index in [1.807, 2.05) is 33.9 Å². The van der Waals surface area contributed by atoms with Crippen LogP contribution in [0.15, 0.2) is 12.7 Å². The highest BCUT2D eigenvalue weighted by atomic mass is 28.4. The molecule has 3 heterocycles. The molecule has 0 saturated carbocycles. The summed E-state index contributed by atoms with van der Waals surface area (Å²) >= 11 is 0. The normalized spacial score (nSPS) is 20.7. The zero-order valence-corrected chi connectivity index (χ0v) is 32.8. The molecule has 1 aliphatic heterocycles. The van der Waals surface area contributed by atoms with Gasteiger partial charge in [0, 0.05) is 6.42 Å². The zero-order valence-electron chi connectivity index (χ0n) is 30.8. The average Bonchev–Trinajstić information content (AvgIpc) is 3.43. The third kappa shape index (κ3) is 7.83. The molecule has 12 nitrogen and oxygen atoms in total. The van der Waals surface area contributed by atoms with Crippen LogP contribution in [0.25, 0.3) is 11.2 Å². The number of hydrogen-bond acceptors (Lipinski definition) is 11. The zero-order chi connectivity index (χ0) is 35.5. The number of hydrogen-bond donors (Lipinski definition) is 1. The molecule has 0 aromatic carbocycles. The molecule has 1 aliphatic rings. The molecule has 1 saturated heterocycles. The number of aromatic nitrogens is 4.